The molecule has 1 aromatic carbocycles. The zero-order valence-electron chi connectivity index (χ0n) is 10.7. The van der Waals surface area contributed by atoms with Crippen molar-refractivity contribution >= 4 is 11.6 Å². The second-order valence-electron chi connectivity index (χ2n) is 4.05. The second-order valence-corrected chi connectivity index (χ2v) is 4.05. The predicted octanol–water partition coefficient (Wildman–Crippen LogP) is 1.21. The summed E-state index contributed by atoms with van der Waals surface area (Å²) >= 11 is 0. The Hall–Kier alpha value is -1.55. The molecule has 1 aromatic rings. The fourth-order valence-electron chi connectivity index (χ4n) is 1.62. The summed E-state index contributed by atoms with van der Waals surface area (Å²) in [6, 6.07) is 7.49. The molecule has 0 aliphatic rings. The van der Waals surface area contributed by atoms with Crippen molar-refractivity contribution < 1.29 is 9.90 Å². The van der Waals surface area contributed by atoms with E-state index in [1.807, 2.05) is 44.1 Å². The quantitative estimate of drug-likeness (QED) is 0.835. The van der Waals surface area contributed by atoms with E-state index in [1.165, 1.54) is 0 Å². The molecule has 4 heteroatoms. The largest absolute Gasteiger partial charge is 0.395 e. The molecule has 1 rings (SSSR count). The number of aliphatic hydroxyl groups excluding tert-OH is 1. The lowest BCUT2D eigenvalue weighted by atomic mass is 10.1. The number of hydrogen-bond acceptors (Lipinski definition) is 3. The molecule has 0 saturated carbocycles. The van der Waals surface area contributed by atoms with E-state index in [-0.39, 0.29) is 12.5 Å². The first kappa shape index (κ1) is 13.5. The molecule has 94 valence electrons. The summed E-state index contributed by atoms with van der Waals surface area (Å²) in [6.45, 7) is 2.88. The molecule has 0 fully saturated rings. The number of amides is 1. The molecule has 0 aromatic heterocycles. The highest BCUT2D eigenvalue weighted by Crippen LogP contribution is 2.14. The van der Waals surface area contributed by atoms with Gasteiger partial charge in [-0.05, 0) is 25.1 Å². The van der Waals surface area contributed by atoms with Crippen LogP contribution >= 0.6 is 0 Å². The first-order valence-electron chi connectivity index (χ1n) is 5.77. The molecular weight excluding hydrogens is 216 g/mol. The number of rotatable bonds is 5. The van der Waals surface area contributed by atoms with Gasteiger partial charge in [0.1, 0.15) is 0 Å². The summed E-state index contributed by atoms with van der Waals surface area (Å²) in [7, 11) is 3.88. The van der Waals surface area contributed by atoms with Crippen LogP contribution in [0.5, 0.6) is 0 Å². The molecule has 0 radical (unpaired) electrons. The minimum absolute atomic E-state index is 0.00699. The van der Waals surface area contributed by atoms with Gasteiger partial charge in [0.15, 0.2) is 0 Å². The van der Waals surface area contributed by atoms with Gasteiger partial charge >= 0.3 is 0 Å². The van der Waals surface area contributed by atoms with Gasteiger partial charge in [-0.1, -0.05) is 6.07 Å². The molecule has 1 N–H and O–H groups in total. The third kappa shape index (κ3) is 3.46. The minimum atomic E-state index is -0.0368. The lowest BCUT2D eigenvalue weighted by Crippen LogP contribution is -2.33. The molecule has 0 bridgehead atoms. The topological polar surface area (TPSA) is 43.8 Å². The number of benzene rings is 1. The smallest absolute Gasteiger partial charge is 0.253 e. The van der Waals surface area contributed by atoms with Crippen molar-refractivity contribution in [3.05, 3.63) is 29.8 Å². The van der Waals surface area contributed by atoms with Gasteiger partial charge in [-0.2, -0.15) is 0 Å². The number of likely N-dealkylation sites (N-methyl/N-ethyl adjacent to an activating group) is 1. The Morgan fingerprint density at radius 1 is 1.35 bits per heavy atom. The Labute approximate surface area is 102 Å². The van der Waals surface area contributed by atoms with E-state index in [1.54, 1.807) is 11.0 Å². The molecule has 0 aliphatic carbocycles. The average Bonchev–Trinajstić information content (AvgIpc) is 2.35. The maximum Gasteiger partial charge on any atom is 0.253 e. The van der Waals surface area contributed by atoms with Crippen LogP contribution in [0.4, 0.5) is 5.69 Å². The van der Waals surface area contributed by atoms with E-state index in [0.29, 0.717) is 18.7 Å². The normalized spacial score (nSPS) is 10.1. The molecule has 0 saturated heterocycles. The van der Waals surface area contributed by atoms with Crippen molar-refractivity contribution in [2.45, 2.75) is 6.92 Å². The van der Waals surface area contributed by atoms with E-state index in [0.717, 1.165) is 5.69 Å². The summed E-state index contributed by atoms with van der Waals surface area (Å²) in [4.78, 5) is 15.7. The first-order chi connectivity index (χ1) is 8.10. The SMILES string of the molecule is CCN(CCO)C(=O)c1cccc(N(C)C)c1. The van der Waals surface area contributed by atoms with Crippen molar-refractivity contribution in [2.75, 3.05) is 38.7 Å². The van der Waals surface area contributed by atoms with E-state index >= 15 is 0 Å². The molecule has 0 heterocycles. The van der Waals surface area contributed by atoms with Crippen LogP contribution in [0.2, 0.25) is 0 Å². The van der Waals surface area contributed by atoms with Crippen LogP contribution in [0.15, 0.2) is 24.3 Å². The van der Waals surface area contributed by atoms with Crippen molar-refractivity contribution in [1.82, 2.24) is 4.90 Å². The first-order valence-corrected chi connectivity index (χ1v) is 5.77. The monoisotopic (exact) mass is 236 g/mol. The highest BCUT2D eigenvalue weighted by Gasteiger charge is 2.13. The Balaban J connectivity index is 2.91. The Kier molecular flexibility index (Phi) is 4.97. The average molecular weight is 236 g/mol. The van der Waals surface area contributed by atoms with E-state index in [2.05, 4.69) is 0 Å². The van der Waals surface area contributed by atoms with Crippen LogP contribution in [-0.4, -0.2) is 49.7 Å². The molecule has 1 amide bonds. The highest BCUT2D eigenvalue weighted by molar-refractivity contribution is 5.95. The van der Waals surface area contributed by atoms with Crippen LogP contribution in [0, 0.1) is 0 Å². The standard InChI is InChI=1S/C13H20N2O2/c1-4-15(8-9-16)13(17)11-6-5-7-12(10-11)14(2)3/h5-7,10,16H,4,8-9H2,1-3H3. The fourth-order valence-corrected chi connectivity index (χ4v) is 1.62. The highest BCUT2D eigenvalue weighted by atomic mass is 16.3. The van der Waals surface area contributed by atoms with E-state index < -0.39 is 0 Å². The van der Waals surface area contributed by atoms with Crippen molar-refractivity contribution in [1.29, 1.82) is 0 Å². The van der Waals surface area contributed by atoms with Crippen molar-refractivity contribution in [3.8, 4) is 0 Å². The lowest BCUT2D eigenvalue weighted by Gasteiger charge is -2.20. The van der Waals surface area contributed by atoms with Gasteiger partial charge in [-0.25, -0.2) is 0 Å². The maximum atomic E-state index is 12.1. The summed E-state index contributed by atoms with van der Waals surface area (Å²) in [5, 5.41) is 8.90. The number of nitrogens with zero attached hydrogens (tertiary/aromatic N) is 2. The van der Waals surface area contributed by atoms with Gasteiger partial charge in [-0.3, -0.25) is 4.79 Å². The Morgan fingerprint density at radius 2 is 2.06 bits per heavy atom. The van der Waals surface area contributed by atoms with Crippen LogP contribution in [0.25, 0.3) is 0 Å². The summed E-state index contributed by atoms with van der Waals surface area (Å²) in [5.41, 5.74) is 1.66. The minimum Gasteiger partial charge on any atom is -0.395 e. The number of aliphatic hydroxyl groups is 1. The van der Waals surface area contributed by atoms with Gasteiger partial charge < -0.3 is 14.9 Å². The van der Waals surface area contributed by atoms with E-state index in [9.17, 15) is 4.79 Å². The summed E-state index contributed by atoms with van der Waals surface area (Å²) in [5.74, 6) is -0.0368. The summed E-state index contributed by atoms with van der Waals surface area (Å²) < 4.78 is 0. The fraction of sp³-hybridized carbons (Fsp3) is 0.462. The molecular formula is C13H20N2O2. The third-order valence-electron chi connectivity index (χ3n) is 2.65. The Bertz CT molecular complexity index is 377. The van der Waals surface area contributed by atoms with Crippen LogP contribution in [0.1, 0.15) is 17.3 Å². The number of anilines is 1. The molecule has 0 spiro atoms. The van der Waals surface area contributed by atoms with Gasteiger partial charge in [0.05, 0.1) is 6.61 Å². The molecule has 4 nitrogen and oxygen atoms in total. The van der Waals surface area contributed by atoms with Crippen molar-refractivity contribution in [2.24, 2.45) is 0 Å². The van der Waals surface area contributed by atoms with Crippen molar-refractivity contribution in [3.63, 3.8) is 0 Å². The van der Waals surface area contributed by atoms with Gasteiger partial charge in [0, 0.05) is 38.4 Å². The van der Waals surface area contributed by atoms with Gasteiger partial charge in [0.25, 0.3) is 5.91 Å². The third-order valence-corrected chi connectivity index (χ3v) is 2.65. The summed E-state index contributed by atoms with van der Waals surface area (Å²) in [6.07, 6.45) is 0. The number of carbonyl (C=O) groups is 1. The van der Waals surface area contributed by atoms with Crippen LogP contribution in [0.3, 0.4) is 0 Å². The molecule has 0 unspecified atom stereocenters. The number of carbonyl (C=O) groups excluding carboxylic acids is 1. The molecule has 0 atom stereocenters. The zero-order chi connectivity index (χ0) is 12.8. The lowest BCUT2D eigenvalue weighted by molar-refractivity contribution is 0.0732. The Morgan fingerprint density at radius 3 is 2.59 bits per heavy atom. The maximum absolute atomic E-state index is 12.1. The molecule has 0 aliphatic heterocycles. The van der Waals surface area contributed by atoms with Crippen LogP contribution < -0.4 is 4.90 Å². The predicted molar refractivity (Wildman–Crippen MR) is 69.4 cm³/mol. The van der Waals surface area contributed by atoms with Gasteiger partial charge in [0.2, 0.25) is 0 Å². The van der Waals surface area contributed by atoms with E-state index in [4.69, 9.17) is 5.11 Å². The van der Waals surface area contributed by atoms with Gasteiger partial charge in [-0.15, -0.1) is 0 Å². The number of hydrogen-bond donors (Lipinski definition) is 1. The zero-order valence-corrected chi connectivity index (χ0v) is 10.7. The second kappa shape index (κ2) is 6.25. The molecule has 17 heavy (non-hydrogen) atoms. The van der Waals surface area contributed by atoms with Crippen LogP contribution in [-0.2, 0) is 0 Å².